The largest absolute Gasteiger partial charge is 0.493 e. The Hall–Kier alpha value is -2.80. The third-order valence-electron chi connectivity index (χ3n) is 3.27. The highest BCUT2D eigenvalue weighted by atomic mass is 16.5. The van der Waals surface area contributed by atoms with Crippen molar-refractivity contribution in [2.75, 3.05) is 20.7 Å². The van der Waals surface area contributed by atoms with Crippen LogP contribution in [0, 0.1) is 11.3 Å². The van der Waals surface area contributed by atoms with Crippen molar-refractivity contribution < 1.29 is 9.53 Å². The molecular formula is C18H18N2O2. The van der Waals surface area contributed by atoms with Crippen LogP contribution in [0.15, 0.2) is 42.0 Å². The molecule has 0 aliphatic carbocycles. The maximum Gasteiger partial charge on any atom is 0.264 e. The van der Waals surface area contributed by atoms with E-state index in [1.165, 1.54) is 4.90 Å². The molecule has 0 N–H and O–H groups in total. The number of hydrogen-bond acceptors (Lipinski definition) is 3. The summed E-state index contributed by atoms with van der Waals surface area (Å²) in [5.74, 6) is 0.494. The summed E-state index contributed by atoms with van der Waals surface area (Å²) in [5, 5.41) is 11.1. The number of carbonyl (C=O) groups is 1. The number of amides is 1. The number of fused-ring (bicyclic) bond motifs is 1. The van der Waals surface area contributed by atoms with Gasteiger partial charge >= 0.3 is 0 Å². The van der Waals surface area contributed by atoms with Crippen molar-refractivity contribution in [3.63, 3.8) is 0 Å². The molecule has 0 saturated carbocycles. The Balaban J connectivity index is 2.60. The standard InChI is InChI=1S/C18H18N2O2/c1-4-22-17-10-9-13(15-7-5-6-8-16(15)17)11-14(12-19)18(21)20(2)3/h5-11H,4H2,1-3H3/b14-11-. The van der Waals surface area contributed by atoms with Crippen LogP contribution in [0.4, 0.5) is 0 Å². The average Bonchev–Trinajstić information content (AvgIpc) is 2.53. The highest BCUT2D eigenvalue weighted by molar-refractivity contribution is 6.04. The molecule has 1 amide bonds. The lowest BCUT2D eigenvalue weighted by molar-refractivity contribution is -0.124. The Kier molecular flexibility index (Phi) is 4.80. The van der Waals surface area contributed by atoms with Gasteiger partial charge in [0.25, 0.3) is 5.91 Å². The minimum atomic E-state index is -0.305. The summed E-state index contributed by atoms with van der Waals surface area (Å²) in [6, 6.07) is 13.5. The number of carbonyl (C=O) groups excluding carboxylic acids is 1. The molecule has 0 radical (unpaired) electrons. The minimum Gasteiger partial charge on any atom is -0.493 e. The van der Waals surface area contributed by atoms with E-state index in [-0.39, 0.29) is 11.5 Å². The van der Waals surface area contributed by atoms with Gasteiger partial charge in [0.05, 0.1) is 6.61 Å². The Bertz CT molecular complexity index is 770. The van der Waals surface area contributed by atoms with Gasteiger partial charge in [-0.3, -0.25) is 4.79 Å². The van der Waals surface area contributed by atoms with Gasteiger partial charge in [0, 0.05) is 19.5 Å². The van der Waals surface area contributed by atoms with Crippen LogP contribution >= 0.6 is 0 Å². The Morgan fingerprint density at radius 1 is 1.23 bits per heavy atom. The summed E-state index contributed by atoms with van der Waals surface area (Å²) in [4.78, 5) is 13.4. The zero-order valence-electron chi connectivity index (χ0n) is 13.0. The molecule has 22 heavy (non-hydrogen) atoms. The van der Waals surface area contributed by atoms with E-state index < -0.39 is 0 Å². The number of benzene rings is 2. The number of likely N-dealkylation sites (N-methyl/N-ethyl adjacent to an activating group) is 1. The summed E-state index contributed by atoms with van der Waals surface area (Å²) in [7, 11) is 3.26. The molecule has 4 nitrogen and oxygen atoms in total. The van der Waals surface area contributed by atoms with E-state index in [4.69, 9.17) is 4.74 Å². The van der Waals surface area contributed by atoms with Crippen molar-refractivity contribution in [3.8, 4) is 11.8 Å². The first-order chi connectivity index (χ1) is 10.6. The van der Waals surface area contributed by atoms with Crippen molar-refractivity contribution >= 4 is 22.8 Å². The van der Waals surface area contributed by atoms with Crippen LogP contribution in [0.25, 0.3) is 16.8 Å². The van der Waals surface area contributed by atoms with Gasteiger partial charge in [0.15, 0.2) is 0 Å². The smallest absolute Gasteiger partial charge is 0.264 e. The van der Waals surface area contributed by atoms with Gasteiger partial charge in [-0.1, -0.05) is 30.3 Å². The Morgan fingerprint density at radius 3 is 2.50 bits per heavy atom. The molecule has 0 atom stereocenters. The molecule has 2 aromatic carbocycles. The fourth-order valence-corrected chi connectivity index (χ4v) is 2.24. The van der Waals surface area contributed by atoms with Crippen LogP contribution in [-0.2, 0) is 4.79 Å². The summed E-state index contributed by atoms with van der Waals surface area (Å²) < 4.78 is 5.63. The molecule has 4 heteroatoms. The zero-order chi connectivity index (χ0) is 16.1. The molecule has 0 spiro atoms. The van der Waals surface area contributed by atoms with Crippen LogP contribution in [0.1, 0.15) is 12.5 Å². The highest BCUT2D eigenvalue weighted by Gasteiger charge is 2.12. The fourth-order valence-electron chi connectivity index (χ4n) is 2.24. The molecule has 0 aromatic heterocycles. The van der Waals surface area contributed by atoms with Crippen molar-refractivity contribution in [1.29, 1.82) is 5.26 Å². The van der Waals surface area contributed by atoms with Gasteiger partial charge in [-0.2, -0.15) is 5.26 Å². The quantitative estimate of drug-likeness (QED) is 0.642. The van der Waals surface area contributed by atoms with Gasteiger partial charge in [-0.05, 0) is 30.0 Å². The zero-order valence-corrected chi connectivity index (χ0v) is 13.0. The predicted octanol–water partition coefficient (Wildman–Crippen LogP) is 3.23. The van der Waals surface area contributed by atoms with E-state index in [9.17, 15) is 10.1 Å². The van der Waals surface area contributed by atoms with Crippen molar-refractivity contribution in [2.45, 2.75) is 6.92 Å². The molecule has 0 heterocycles. The van der Waals surface area contributed by atoms with E-state index in [0.29, 0.717) is 6.61 Å². The molecular weight excluding hydrogens is 276 g/mol. The lowest BCUT2D eigenvalue weighted by Gasteiger charge is -2.11. The van der Waals surface area contributed by atoms with Crippen molar-refractivity contribution in [1.82, 2.24) is 4.90 Å². The number of hydrogen-bond donors (Lipinski definition) is 0. The average molecular weight is 294 g/mol. The third kappa shape index (κ3) is 3.09. The maximum atomic E-state index is 12.0. The molecule has 0 bridgehead atoms. The minimum absolute atomic E-state index is 0.110. The molecule has 112 valence electrons. The first kappa shape index (κ1) is 15.6. The molecule has 0 aliphatic heterocycles. The van der Waals surface area contributed by atoms with E-state index in [1.807, 2.05) is 49.4 Å². The van der Waals surface area contributed by atoms with Crippen LogP contribution in [0.5, 0.6) is 5.75 Å². The van der Waals surface area contributed by atoms with Crippen molar-refractivity contribution in [3.05, 3.63) is 47.5 Å². The van der Waals surface area contributed by atoms with Gasteiger partial charge < -0.3 is 9.64 Å². The molecule has 0 saturated heterocycles. The predicted molar refractivity (Wildman–Crippen MR) is 87.4 cm³/mol. The summed E-state index contributed by atoms with van der Waals surface area (Å²) in [5.41, 5.74) is 0.935. The van der Waals surface area contributed by atoms with E-state index in [1.54, 1.807) is 20.2 Å². The van der Waals surface area contributed by atoms with Gasteiger partial charge in [0.2, 0.25) is 0 Å². The summed E-state index contributed by atoms with van der Waals surface area (Å²) in [6.07, 6.45) is 1.63. The van der Waals surface area contributed by atoms with Crippen molar-refractivity contribution in [2.24, 2.45) is 0 Å². The first-order valence-corrected chi connectivity index (χ1v) is 7.06. The fraction of sp³-hybridized carbons (Fsp3) is 0.222. The third-order valence-corrected chi connectivity index (χ3v) is 3.27. The number of nitrogens with zero attached hydrogens (tertiary/aromatic N) is 2. The Labute approximate surface area is 130 Å². The van der Waals surface area contributed by atoms with Crippen LogP contribution < -0.4 is 4.74 Å². The van der Waals surface area contributed by atoms with Crippen LogP contribution in [0.3, 0.4) is 0 Å². The number of rotatable bonds is 4. The maximum absolute atomic E-state index is 12.0. The van der Waals surface area contributed by atoms with Crippen LogP contribution in [-0.4, -0.2) is 31.5 Å². The van der Waals surface area contributed by atoms with E-state index >= 15 is 0 Å². The highest BCUT2D eigenvalue weighted by Crippen LogP contribution is 2.29. The molecule has 0 unspecified atom stereocenters. The van der Waals surface area contributed by atoms with E-state index in [2.05, 4.69) is 0 Å². The first-order valence-electron chi connectivity index (χ1n) is 7.06. The normalized spacial score (nSPS) is 11.1. The number of nitriles is 1. The van der Waals surface area contributed by atoms with Crippen LogP contribution in [0.2, 0.25) is 0 Å². The van der Waals surface area contributed by atoms with Gasteiger partial charge in [-0.15, -0.1) is 0 Å². The molecule has 2 rings (SSSR count). The lowest BCUT2D eigenvalue weighted by Crippen LogP contribution is -2.22. The topological polar surface area (TPSA) is 53.3 Å². The molecule has 0 aliphatic rings. The Morgan fingerprint density at radius 2 is 1.91 bits per heavy atom. The second kappa shape index (κ2) is 6.77. The monoisotopic (exact) mass is 294 g/mol. The number of ether oxygens (including phenoxy) is 1. The molecule has 0 fully saturated rings. The lowest BCUT2D eigenvalue weighted by atomic mass is 10.0. The molecule has 2 aromatic rings. The second-order valence-corrected chi connectivity index (χ2v) is 5.00. The van der Waals surface area contributed by atoms with Gasteiger partial charge in [0.1, 0.15) is 17.4 Å². The second-order valence-electron chi connectivity index (χ2n) is 5.00. The summed E-state index contributed by atoms with van der Waals surface area (Å²) >= 11 is 0. The SMILES string of the molecule is CCOc1ccc(/C=C(/C#N)C(=O)N(C)C)c2ccccc12. The van der Waals surface area contributed by atoms with E-state index in [0.717, 1.165) is 22.1 Å². The summed E-state index contributed by atoms with van der Waals surface area (Å²) in [6.45, 7) is 2.52. The van der Waals surface area contributed by atoms with Gasteiger partial charge in [-0.25, -0.2) is 0 Å².